The number of para-hydroxylation sites is 1. The van der Waals surface area contributed by atoms with E-state index in [-0.39, 0.29) is 6.42 Å². The Labute approximate surface area is 127 Å². The highest BCUT2D eigenvalue weighted by molar-refractivity contribution is 5.89. The van der Waals surface area contributed by atoms with Gasteiger partial charge in [-0.25, -0.2) is 15.0 Å². The van der Waals surface area contributed by atoms with Crippen LogP contribution in [-0.2, 0) is 9.59 Å². The number of rotatable bonds is 7. The van der Waals surface area contributed by atoms with E-state index >= 15 is 0 Å². The van der Waals surface area contributed by atoms with Gasteiger partial charge in [0.05, 0.1) is 0 Å². The molecule has 118 valence electrons. The summed E-state index contributed by atoms with van der Waals surface area (Å²) < 4.78 is 0. The number of nitrogens with one attached hydrogen (secondary N) is 3. The van der Waals surface area contributed by atoms with Crippen LogP contribution in [0.1, 0.15) is 19.8 Å². The second-order valence-electron chi connectivity index (χ2n) is 4.41. The van der Waals surface area contributed by atoms with Gasteiger partial charge in [-0.15, -0.1) is 0 Å². The lowest BCUT2D eigenvalue weighted by atomic mass is 10.1. The number of aliphatic carboxylic acids is 1. The zero-order valence-electron chi connectivity index (χ0n) is 12.1. The van der Waals surface area contributed by atoms with Crippen molar-refractivity contribution in [2.45, 2.75) is 25.8 Å². The summed E-state index contributed by atoms with van der Waals surface area (Å²) in [5.41, 5.74) is 2.89. The van der Waals surface area contributed by atoms with Crippen LogP contribution >= 0.6 is 0 Å². The van der Waals surface area contributed by atoms with Crippen LogP contribution in [0, 0.1) is 0 Å². The van der Waals surface area contributed by atoms with E-state index in [1.807, 2.05) is 6.07 Å². The molecule has 1 aromatic carbocycles. The van der Waals surface area contributed by atoms with Crippen molar-refractivity contribution >= 4 is 29.8 Å². The van der Waals surface area contributed by atoms with Crippen LogP contribution in [-0.4, -0.2) is 35.3 Å². The van der Waals surface area contributed by atoms with Crippen molar-refractivity contribution < 1.29 is 19.5 Å². The molecular formula is C14H18N4O4. The zero-order chi connectivity index (χ0) is 16.4. The molecule has 0 unspecified atom stereocenters. The molecule has 1 atom stereocenters. The molecule has 3 amide bonds. The Morgan fingerprint density at radius 1 is 1.27 bits per heavy atom. The van der Waals surface area contributed by atoms with Crippen LogP contribution in [0.2, 0.25) is 0 Å². The summed E-state index contributed by atoms with van der Waals surface area (Å²) in [5.74, 6) is -1.52. The second-order valence-corrected chi connectivity index (χ2v) is 4.41. The van der Waals surface area contributed by atoms with E-state index in [4.69, 9.17) is 5.11 Å². The SMILES string of the molecule is CC(=O)N[C@@H](CC/C=N\NC(=O)Nc1ccccc1)C(=O)O. The first-order valence-electron chi connectivity index (χ1n) is 6.62. The zero-order valence-corrected chi connectivity index (χ0v) is 12.1. The number of carboxylic acid groups (broad SMARTS) is 1. The molecule has 0 saturated carbocycles. The van der Waals surface area contributed by atoms with Crippen molar-refractivity contribution in [2.75, 3.05) is 5.32 Å². The first kappa shape index (κ1) is 17.2. The molecule has 0 saturated heterocycles. The lowest BCUT2D eigenvalue weighted by Crippen LogP contribution is -2.39. The van der Waals surface area contributed by atoms with Crippen molar-refractivity contribution in [1.29, 1.82) is 0 Å². The topological polar surface area (TPSA) is 120 Å². The smallest absolute Gasteiger partial charge is 0.339 e. The molecule has 0 aliphatic carbocycles. The Bertz CT molecular complexity index is 545. The molecule has 0 aliphatic heterocycles. The number of nitrogens with zero attached hydrogens (tertiary/aromatic N) is 1. The third-order valence-electron chi connectivity index (χ3n) is 2.55. The molecule has 0 spiro atoms. The van der Waals surface area contributed by atoms with E-state index in [9.17, 15) is 14.4 Å². The molecule has 0 aliphatic rings. The van der Waals surface area contributed by atoms with Crippen molar-refractivity contribution in [1.82, 2.24) is 10.7 Å². The Morgan fingerprint density at radius 2 is 1.95 bits per heavy atom. The van der Waals surface area contributed by atoms with Gasteiger partial charge in [0.2, 0.25) is 5.91 Å². The van der Waals surface area contributed by atoms with Crippen LogP contribution in [0.15, 0.2) is 35.4 Å². The predicted octanol–water partition coefficient (Wildman–Crippen LogP) is 1.16. The molecule has 1 rings (SSSR count). The van der Waals surface area contributed by atoms with E-state index < -0.39 is 23.9 Å². The number of carboxylic acids is 1. The summed E-state index contributed by atoms with van der Waals surface area (Å²) in [6.45, 7) is 1.25. The molecule has 0 bridgehead atoms. The third kappa shape index (κ3) is 7.04. The van der Waals surface area contributed by atoms with Crippen LogP contribution < -0.4 is 16.1 Å². The molecule has 4 N–H and O–H groups in total. The van der Waals surface area contributed by atoms with Crippen LogP contribution in [0.4, 0.5) is 10.5 Å². The summed E-state index contributed by atoms with van der Waals surface area (Å²) in [7, 11) is 0. The lowest BCUT2D eigenvalue weighted by molar-refractivity contribution is -0.141. The number of hydrazone groups is 1. The monoisotopic (exact) mass is 306 g/mol. The van der Waals surface area contributed by atoms with Gasteiger partial charge in [-0.05, 0) is 25.0 Å². The molecule has 8 heteroatoms. The lowest BCUT2D eigenvalue weighted by Gasteiger charge is -2.11. The van der Waals surface area contributed by atoms with Crippen LogP contribution in [0.3, 0.4) is 0 Å². The Balaban J connectivity index is 2.29. The summed E-state index contributed by atoms with van der Waals surface area (Å²) in [6.07, 6.45) is 1.85. The van der Waals surface area contributed by atoms with E-state index in [0.717, 1.165) is 0 Å². The average molecular weight is 306 g/mol. The number of urea groups is 1. The summed E-state index contributed by atoms with van der Waals surface area (Å²) in [5, 5.41) is 17.5. The largest absolute Gasteiger partial charge is 0.480 e. The minimum absolute atomic E-state index is 0.181. The fraction of sp³-hybridized carbons (Fsp3) is 0.286. The minimum Gasteiger partial charge on any atom is -0.480 e. The van der Waals surface area contributed by atoms with Crippen LogP contribution in [0.5, 0.6) is 0 Å². The molecule has 8 nitrogen and oxygen atoms in total. The normalized spacial score (nSPS) is 11.7. The molecule has 0 heterocycles. The fourth-order valence-electron chi connectivity index (χ4n) is 1.59. The van der Waals surface area contributed by atoms with Gasteiger partial charge in [0.25, 0.3) is 0 Å². The van der Waals surface area contributed by atoms with Crippen molar-refractivity contribution in [3.8, 4) is 0 Å². The van der Waals surface area contributed by atoms with Gasteiger partial charge in [0.15, 0.2) is 0 Å². The molecular weight excluding hydrogens is 288 g/mol. The summed E-state index contributed by atoms with van der Waals surface area (Å²) >= 11 is 0. The minimum atomic E-state index is -1.11. The van der Waals surface area contributed by atoms with E-state index in [1.54, 1.807) is 24.3 Å². The quantitative estimate of drug-likeness (QED) is 0.446. The van der Waals surface area contributed by atoms with Gasteiger partial charge in [-0.3, -0.25) is 4.79 Å². The summed E-state index contributed by atoms with van der Waals surface area (Å²) in [4.78, 5) is 33.2. The van der Waals surface area contributed by atoms with Crippen LogP contribution in [0.25, 0.3) is 0 Å². The highest BCUT2D eigenvalue weighted by Gasteiger charge is 2.16. The average Bonchev–Trinajstić information content (AvgIpc) is 2.46. The Kier molecular flexibility index (Phi) is 7.10. The number of hydrogen-bond donors (Lipinski definition) is 4. The number of carbonyl (C=O) groups is 3. The third-order valence-corrected chi connectivity index (χ3v) is 2.55. The summed E-state index contributed by atoms with van der Waals surface area (Å²) in [6, 6.07) is 7.39. The maximum atomic E-state index is 11.5. The number of amides is 3. The standard InChI is InChI=1S/C14H18N4O4/c1-10(19)16-12(13(20)21)8-5-9-15-18-14(22)17-11-6-3-2-4-7-11/h2-4,6-7,9,12H,5,8H2,1H3,(H,16,19)(H,20,21)(H2,17,18,22)/b15-9-/t12-/m0/s1. The molecule has 0 radical (unpaired) electrons. The van der Waals surface area contributed by atoms with Gasteiger partial charge in [0, 0.05) is 18.8 Å². The van der Waals surface area contributed by atoms with Gasteiger partial charge < -0.3 is 15.7 Å². The fourth-order valence-corrected chi connectivity index (χ4v) is 1.59. The van der Waals surface area contributed by atoms with Gasteiger partial charge in [0.1, 0.15) is 6.04 Å². The molecule has 1 aromatic rings. The van der Waals surface area contributed by atoms with E-state index in [0.29, 0.717) is 12.1 Å². The number of hydrogen-bond acceptors (Lipinski definition) is 4. The highest BCUT2D eigenvalue weighted by atomic mass is 16.4. The van der Waals surface area contributed by atoms with E-state index in [1.165, 1.54) is 13.1 Å². The number of carbonyl (C=O) groups excluding carboxylic acids is 2. The van der Waals surface area contributed by atoms with Gasteiger partial charge in [-0.2, -0.15) is 5.10 Å². The van der Waals surface area contributed by atoms with Crippen molar-refractivity contribution in [3.63, 3.8) is 0 Å². The molecule has 22 heavy (non-hydrogen) atoms. The van der Waals surface area contributed by atoms with Crippen molar-refractivity contribution in [2.24, 2.45) is 5.10 Å². The van der Waals surface area contributed by atoms with E-state index in [2.05, 4.69) is 21.2 Å². The highest BCUT2D eigenvalue weighted by Crippen LogP contribution is 2.03. The van der Waals surface area contributed by atoms with Gasteiger partial charge in [-0.1, -0.05) is 18.2 Å². The number of benzene rings is 1. The second kappa shape index (κ2) is 9.11. The maximum absolute atomic E-state index is 11.5. The first-order chi connectivity index (χ1) is 10.5. The maximum Gasteiger partial charge on any atom is 0.339 e. The first-order valence-corrected chi connectivity index (χ1v) is 6.62. The Morgan fingerprint density at radius 3 is 2.55 bits per heavy atom. The van der Waals surface area contributed by atoms with Gasteiger partial charge >= 0.3 is 12.0 Å². The predicted molar refractivity (Wildman–Crippen MR) is 81.6 cm³/mol. The number of anilines is 1. The Hall–Kier alpha value is -2.90. The van der Waals surface area contributed by atoms with Crippen molar-refractivity contribution in [3.05, 3.63) is 30.3 Å². The molecule has 0 fully saturated rings. The molecule has 0 aromatic heterocycles.